The van der Waals surface area contributed by atoms with Gasteiger partial charge in [-0.05, 0) is 25.3 Å². The number of primary amides is 1. The third-order valence-electron chi connectivity index (χ3n) is 2.76. The molecule has 0 radical (unpaired) electrons. The summed E-state index contributed by atoms with van der Waals surface area (Å²) in [6.45, 7) is 1.89. The molecule has 0 fully saturated rings. The van der Waals surface area contributed by atoms with Crippen molar-refractivity contribution in [3.8, 4) is 0 Å². The van der Waals surface area contributed by atoms with E-state index < -0.39 is 5.91 Å². The van der Waals surface area contributed by atoms with E-state index in [0.29, 0.717) is 29.1 Å². The van der Waals surface area contributed by atoms with E-state index in [9.17, 15) is 4.79 Å². The topological polar surface area (TPSA) is 93.0 Å². The zero-order chi connectivity index (χ0) is 11.9. The quantitative estimate of drug-likeness (QED) is 0.692. The highest BCUT2D eigenvalue weighted by Gasteiger charge is 2.27. The second kappa shape index (κ2) is 3.75. The molecule has 1 amide bonds. The Hall–Kier alpha value is -1.62. The van der Waals surface area contributed by atoms with Crippen LogP contribution in [0.4, 0.5) is 5.00 Å². The lowest BCUT2D eigenvalue weighted by atomic mass is 9.90. The van der Waals surface area contributed by atoms with Crippen molar-refractivity contribution in [2.24, 2.45) is 5.73 Å². The standard InChI is InChI=1S/C11H13N3OS/c1-2-5-7(12)4-3-6-8(10(13)15)11(14)16-9(5)6/h2,12H,3-4,14H2,1H3,(H2,13,15)/b5-2+,12-7?. The number of allylic oxidation sites excluding steroid dienone is 2. The van der Waals surface area contributed by atoms with E-state index in [1.54, 1.807) is 0 Å². The molecule has 16 heavy (non-hydrogen) atoms. The Morgan fingerprint density at radius 2 is 2.19 bits per heavy atom. The van der Waals surface area contributed by atoms with Crippen molar-refractivity contribution in [3.05, 3.63) is 22.1 Å². The zero-order valence-corrected chi connectivity index (χ0v) is 9.78. The highest BCUT2D eigenvalue weighted by atomic mass is 32.1. The van der Waals surface area contributed by atoms with Crippen molar-refractivity contribution in [2.45, 2.75) is 19.8 Å². The van der Waals surface area contributed by atoms with Gasteiger partial charge in [-0.2, -0.15) is 0 Å². The molecule has 0 bridgehead atoms. The number of hydrogen-bond donors (Lipinski definition) is 3. The predicted molar refractivity (Wildman–Crippen MR) is 66.9 cm³/mol. The fourth-order valence-corrected chi connectivity index (χ4v) is 3.26. The van der Waals surface area contributed by atoms with Crippen LogP contribution in [0, 0.1) is 5.41 Å². The van der Waals surface area contributed by atoms with Crippen LogP contribution < -0.4 is 11.5 Å². The molecule has 0 saturated heterocycles. The Balaban J connectivity index is 2.67. The lowest BCUT2D eigenvalue weighted by molar-refractivity contribution is 0.100. The van der Waals surface area contributed by atoms with E-state index in [2.05, 4.69) is 0 Å². The van der Waals surface area contributed by atoms with Gasteiger partial charge in [-0.25, -0.2) is 0 Å². The number of nitrogen functional groups attached to an aromatic ring is 1. The first-order chi connectivity index (χ1) is 7.56. The minimum absolute atomic E-state index is 0.451. The van der Waals surface area contributed by atoms with Crippen molar-refractivity contribution < 1.29 is 4.79 Å². The molecule has 5 heteroatoms. The van der Waals surface area contributed by atoms with Gasteiger partial charge in [-0.1, -0.05) is 6.08 Å². The first-order valence-corrected chi connectivity index (χ1v) is 5.83. The van der Waals surface area contributed by atoms with Crippen molar-refractivity contribution >= 4 is 33.5 Å². The molecular weight excluding hydrogens is 222 g/mol. The van der Waals surface area contributed by atoms with Gasteiger partial charge in [-0.3, -0.25) is 4.79 Å². The summed E-state index contributed by atoms with van der Waals surface area (Å²) in [5, 5.41) is 8.31. The number of nitrogens with two attached hydrogens (primary N) is 2. The van der Waals surface area contributed by atoms with Crippen LogP contribution in [0.1, 0.15) is 34.1 Å². The highest BCUT2D eigenvalue weighted by molar-refractivity contribution is 7.18. The lowest BCUT2D eigenvalue weighted by Crippen LogP contribution is -2.17. The number of hydrogen-bond acceptors (Lipinski definition) is 4. The normalized spacial score (nSPS) is 17.6. The van der Waals surface area contributed by atoms with E-state index in [4.69, 9.17) is 16.9 Å². The van der Waals surface area contributed by atoms with E-state index >= 15 is 0 Å². The number of amides is 1. The van der Waals surface area contributed by atoms with Crippen LogP contribution in [0.15, 0.2) is 6.08 Å². The smallest absolute Gasteiger partial charge is 0.251 e. The molecule has 5 N–H and O–H groups in total. The van der Waals surface area contributed by atoms with Crippen LogP contribution in [0.3, 0.4) is 0 Å². The van der Waals surface area contributed by atoms with Crippen LogP contribution in [0.2, 0.25) is 0 Å². The molecule has 84 valence electrons. The Labute approximate surface area is 97.5 Å². The molecule has 1 aromatic rings. The number of thiophene rings is 1. The number of fused-ring (bicyclic) bond motifs is 1. The third kappa shape index (κ3) is 1.44. The minimum atomic E-state index is -0.473. The summed E-state index contributed by atoms with van der Waals surface area (Å²) in [7, 11) is 0. The lowest BCUT2D eigenvalue weighted by Gasteiger charge is -2.16. The molecule has 2 rings (SSSR count). The maximum absolute atomic E-state index is 11.3. The molecule has 4 nitrogen and oxygen atoms in total. The van der Waals surface area contributed by atoms with Gasteiger partial charge in [0.1, 0.15) is 0 Å². The summed E-state index contributed by atoms with van der Waals surface area (Å²) in [5.74, 6) is -0.473. The van der Waals surface area contributed by atoms with Gasteiger partial charge in [0.25, 0.3) is 5.91 Å². The maximum atomic E-state index is 11.3. The summed E-state index contributed by atoms with van der Waals surface area (Å²) in [5.41, 5.74) is 14.0. The van der Waals surface area contributed by atoms with E-state index in [1.165, 1.54) is 11.3 Å². The number of carbonyl (C=O) groups is 1. The summed E-state index contributed by atoms with van der Waals surface area (Å²) >= 11 is 1.35. The molecule has 0 unspecified atom stereocenters. The SMILES string of the molecule is C/C=C1\C(=N)CCc2c1sc(N)c2C(N)=O. The minimum Gasteiger partial charge on any atom is -0.390 e. The molecule has 1 heterocycles. The molecule has 0 aliphatic heterocycles. The monoisotopic (exact) mass is 235 g/mol. The fourth-order valence-electron chi connectivity index (χ4n) is 2.04. The highest BCUT2D eigenvalue weighted by Crippen LogP contribution is 2.40. The maximum Gasteiger partial charge on any atom is 0.251 e. The molecule has 1 aromatic heterocycles. The van der Waals surface area contributed by atoms with Gasteiger partial charge < -0.3 is 16.9 Å². The van der Waals surface area contributed by atoms with E-state index in [0.717, 1.165) is 16.0 Å². The van der Waals surface area contributed by atoms with Crippen LogP contribution in [-0.4, -0.2) is 11.6 Å². The van der Waals surface area contributed by atoms with Gasteiger partial charge in [0.05, 0.1) is 10.6 Å². The fraction of sp³-hybridized carbons (Fsp3) is 0.273. The van der Waals surface area contributed by atoms with E-state index in [-0.39, 0.29) is 0 Å². The first-order valence-electron chi connectivity index (χ1n) is 5.01. The van der Waals surface area contributed by atoms with Gasteiger partial charge >= 0.3 is 0 Å². The zero-order valence-electron chi connectivity index (χ0n) is 8.96. The molecule has 1 aliphatic rings. The number of nitrogens with one attached hydrogen (secondary N) is 1. The molecule has 0 saturated carbocycles. The summed E-state index contributed by atoms with van der Waals surface area (Å²) in [6.07, 6.45) is 3.21. The van der Waals surface area contributed by atoms with Crippen LogP contribution in [0.5, 0.6) is 0 Å². The third-order valence-corrected chi connectivity index (χ3v) is 3.86. The first kappa shape index (κ1) is 10.9. The van der Waals surface area contributed by atoms with Crippen LogP contribution in [0.25, 0.3) is 5.57 Å². The van der Waals surface area contributed by atoms with E-state index in [1.807, 2.05) is 13.0 Å². The summed E-state index contributed by atoms with van der Waals surface area (Å²) in [6, 6.07) is 0. The molecular formula is C11H13N3OS. The molecule has 0 atom stereocenters. The Bertz CT molecular complexity index is 514. The average molecular weight is 235 g/mol. The molecule has 0 aromatic carbocycles. The van der Waals surface area contributed by atoms with Crippen molar-refractivity contribution in [3.63, 3.8) is 0 Å². The van der Waals surface area contributed by atoms with Crippen LogP contribution in [-0.2, 0) is 6.42 Å². The Morgan fingerprint density at radius 3 is 2.75 bits per heavy atom. The van der Waals surface area contributed by atoms with Gasteiger partial charge in [-0.15, -0.1) is 11.3 Å². The van der Waals surface area contributed by atoms with Crippen LogP contribution >= 0.6 is 11.3 Å². The number of carbonyl (C=O) groups excluding carboxylic acids is 1. The second-order valence-corrected chi connectivity index (χ2v) is 4.75. The second-order valence-electron chi connectivity index (χ2n) is 3.69. The predicted octanol–water partition coefficient (Wildman–Crippen LogP) is 1.80. The van der Waals surface area contributed by atoms with Gasteiger partial charge in [0.2, 0.25) is 0 Å². The van der Waals surface area contributed by atoms with Crippen molar-refractivity contribution in [1.29, 1.82) is 5.41 Å². The summed E-state index contributed by atoms with van der Waals surface area (Å²) in [4.78, 5) is 12.2. The largest absolute Gasteiger partial charge is 0.390 e. The molecule has 1 aliphatic carbocycles. The van der Waals surface area contributed by atoms with Gasteiger partial charge in [0.15, 0.2) is 0 Å². The van der Waals surface area contributed by atoms with Gasteiger partial charge in [0, 0.05) is 16.2 Å². The number of rotatable bonds is 1. The summed E-state index contributed by atoms with van der Waals surface area (Å²) < 4.78 is 0. The Kier molecular flexibility index (Phi) is 2.55. The average Bonchev–Trinajstić information content (AvgIpc) is 2.54. The molecule has 0 spiro atoms. The van der Waals surface area contributed by atoms with Crippen molar-refractivity contribution in [1.82, 2.24) is 0 Å². The number of anilines is 1. The Morgan fingerprint density at radius 1 is 1.50 bits per heavy atom. The van der Waals surface area contributed by atoms with Crippen molar-refractivity contribution in [2.75, 3.05) is 5.73 Å².